The number of benzene rings is 3. The molecule has 1 saturated heterocycles. The molecular formula is C22H22BNO2. The minimum absolute atomic E-state index is 0.334. The van der Waals surface area contributed by atoms with Gasteiger partial charge in [0.25, 0.3) is 0 Å². The monoisotopic (exact) mass is 343 g/mol. The molecule has 3 aromatic carbocycles. The van der Waals surface area contributed by atoms with Gasteiger partial charge in [-0.15, -0.1) is 0 Å². The summed E-state index contributed by atoms with van der Waals surface area (Å²) in [5, 5.41) is 4.99. The molecule has 2 heterocycles. The highest BCUT2D eigenvalue weighted by Crippen LogP contribution is 2.37. The first-order valence-corrected chi connectivity index (χ1v) is 9.14. The summed E-state index contributed by atoms with van der Waals surface area (Å²) in [7, 11) is -0.343. The number of nitrogens with one attached hydrogen (secondary N) is 1. The number of hydrogen-bond acceptors (Lipinski definition) is 2. The predicted octanol–water partition coefficient (Wildman–Crippen LogP) is 4.77. The predicted molar refractivity (Wildman–Crippen MR) is 109 cm³/mol. The highest BCUT2D eigenvalue weighted by atomic mass is 16.7. The third-order valence-corrected chi connectivity index (χ3v) is 6.04. The van der Waals surface area contributed by atoms with Crippen molar-refractivity contribution in [2.75, 3.05) is 0 Å². The molecule has 5 rings (SSSR count). The molecule has 1 fully saturated rings. The number of aromatic nitrogens is 1. The summed E-state index contributed by atoms with van der Waals surface area (Å²) in [6, 6.07) is 19.3. The van der Waals surface area contributed by atoms with Crippen LogP contribution in [-0.4, -0.2) is 23.3 Å². The number of aromatic amines is 1. The zero-order chi connectivity index (χ0) is 18.1. The van der Waals surface area contributed by atoms with Crippen LogP contribution in [0.3, 0.4) is 0 Å². The van der Waals surface area contributed by atoms with Gasteiger partial charge in [0.2, 0.25) is 0 Å². The fourth-order valence-electron chi connectivity index (χ4n) is 3.81. The second-order valence-electron chi connectivity index (χ2n) is 8.23. The maximum atomic E-state index is 6.24. The van der Waals surface area contributed by atoms with E-state index in [0.29, 0.717) is 0 Å². The van der Waals surface area contributed by atoms with Crippen molar-refractivity contribution < 1.29 is 9.31 Å². The maximum absolute atomic E-state index is 6.24. The molecule has 0 saturated carbocycles. The van der Waals surface area contributed by atoms with E-state index in [1.165, 1.54) is 21.5 Å². The van der Waals surface area contributed by atoms with Crippen molar-refractivity contribution >= 4 is 45.2 Å². The highest BCUT2D eigenvalue weighted by Gasteiger charge is 2.51. The lowest BCUT2D eigenvalue weighted by atomic mass is 9.78. The van der Waals surface area contributed by atoms with Crippen LogP contribution in [0.4, 0.5) is 0 Å². The molecule has 4 aromatic rings. The fourth-order valence-corrected chi connectivity index (χ4v) is 3.81. The van der Waals surface area contributed by atoms with Crippen LogP contribution in [0.1, 0.15) is 27.7 Å². The normalized spacial score (nSPS) is 19.0. The second kappa shape index (κ2) is 5.12. The molecule has 0 atom stereocenters. The SMILES string of the molecule is CC1(C)OB(c2ccc3[nH]c4ccc5ccccc5c4c3c2)OC1(C)C. The van der Waals surface area contributed by atoms with Gasteiger partial charge < -0.3 is 14.3 Å². The summed E-state index contributed by atoms with van der Waals surface area (Å²) in [5.41, 5.74) is 2.69. The number of hydrogen-bond donors (Lipinski definition) is 1. The number of H-pyrrole nitrogens is 1. The number of rotatable bonds is 1. The van der Waals surface area contributed by atoms with Gasteiger partial charge in [-0.05, 0) is 56.1 Å². The maximum Gasteiger partial charge on any atom is 0.494 e. The molecule has 130 valence electrons. The molecule has 1 N–H and O–H groups in total. The third-order valence-electron chi connectivity index (χ3n) is 6.04. The van der Waals surface area contributed by atoms with Crippen LogP contribution in [0.25, 0.3) is 32.6 Å². The van der Waals surface area contributed by atoms with Gasteiger partial charge in [-0.1, -0.05) is 42.5 Å². The molecule has 0 bridgehead atoms. The fraction of sp³-hybridized carbons (Fsp3) is 0.273. The Morgan fingerprint density at radius 2 is 1.46 bits per heavy atom. The Bertz CT molecular complexity index is 1140. The van der Waals surface area contributed by atoms with E-state index in [1.54, 1.807) is 0 Å². The summed E-state index contributed by atoms with van der Waals surface area (Å²) >= 11 is 0. The lowest BCUT2D eigenvalue weighted by Gasteiger charge is -2.32. The quantitative estimate of drug-likeness (QED) is 0.505. The van der Waals surface area contributed by atoms with Gasteiger partial charge in [0.15, 0.2) is 0 Å². The van der Waals surface area contributed by atoms with E-state index in [1.807, 2.05) is 0 Å². The lowest BCUT2D eigenvalue weighted by molar-refractivity contribution is 0.00578. The lowest BCUT2D eigenvalue weighted by Crippen LogP contribution is -2.41. The smallest absolute Gasteiger partial charge is 0.399 e. The van der Waals surface area contributed by atoms with Crippen LogP contribution in [0.2, 0.25) is 0 Å². The van der Waals surface area contributed by atoms with E-state index in [-0.39, 0.29) is 18.3 Å². The Balaban J connectivity index is 1.72. The molecule has 0 aliphatic carbocycles. The summed E-state index contributed by atoms with van der Waals surface area (Å²) in [5.74, 6) is 0. The van der Waals surface area contributed by atoms with Gasteiger partial charge in [0, 0.05) is 21.8 Å². The minimum atomic E-state index is -0.343. The molecule has 26 heavy (non-hydrogen) atoms. The van der Waals surface area contributed by atoms with Crippen molar-refractivity contribution in [1.82, 2.24) is 4.98 Å². The average molecular weight is 343 g/mol. The van der Waals surface area contributed by atoms with Gasteiger partial charge >= 0.3 is 7.12 Å². The van der Waals surface area contributed by atoms with E-state index >= 15 is 0 Å². The van der Waals surface area contributed by atoms with Crippen molar-refractivity contribution in [2.45, 2.75) is 38.9 Å². The number of fused-ring (bicyclic) bond motifs is 5. The van der Waals surface area contributed by atoms with E-state index in [9.17, 15) is 0 Å². The zero-order valence-corrected chi connectivity index (χ0v) is 15.6. The Labute approximate surface area is 153 Å². The molecular weight excluding hydrogens is 321 g/mol. The van der Waals surface area contributed by atoms with Crippen molar-refractivity contribution in [1.29, 1.82) is 0 Å². The molecule has 0 amide bonds. The molecule has 4 heteroatoms. The molecule has 0 unspecified atom stereocenters. The van der Waals surface area contributed by atoms with Crippen LogP contribution in [0.15, 0.2) is 54.6 Å². The van der Waals surface area contributed by atoms with Crippen molar-refractivity contribution in [2.24, 2.45) is 0 Å². The highest BCUT2D eigenvalue weighted by molar-refractivity contribution is 6.62. The van der Waals surface area contributed by atoms with Crippen molar-refractivity contribution in [3.05, 3.63) is 54.6 Å². The molecule has 0 radical (unpaired) electrons. The second-order valence-corrected chi connectivity index (χ2v) is 8.23. The summed E-state index contributed by atoms with van der Waals surface area (Å²) < 4.78 is 12.5. The van der Waals surface area contributed by atoms with Crippen LogP contribution in [0.5, 0.6) is 0 Å². The van der Waals surface area contributed by atoms with Crippen molar-refractivity contribution in [3.63, 3.8) is 0 Å². The molecule has 0 spiro atoms. The van der Waals surface area contributed by atoms with E-state index in [2.05, 4.69) is 87.3 Å². The first-order valence-electron chi connectivity index (χ1n) is 9.14. The van der Waals surface area contributed by atoms with Crippen LogP contribution in [0, 0.1) is 0 Å². The van der Waals surface area contributed by atoms with Crippen LogP contribution < -0.4 is 5.46 Å². The Morgan fingerprint density at radius 1 is 0.769 bits per heavy atom. The average Bonchev–Trinajstić information content (AvgIpc) is 3.08. The summed E-state index contributed by atoms with van der Waals surface area (Å²) in [6.45, 7) is 8.35. The minimum Gasteiger partial charge on any atom is -0.399 e. The van der Waals surface area contributed by atoms with Crippen molar-refractivity contribution in [3.8, 4) is 0 Å². The van der Waals surface area contributed by atoms with E-state index < -0.39 is 0 Å². The molecule has 3 nitrogen and oxygen atoms in total. The third kappa shape index (κ3) is 2.16. The largest absolute Gasteiger partial charge is 0.494 e. The van der Waals surface area contributed by atoms with Gasteiger partial charge in [-0.2, -0.15) is 0 Å². The Morgan fingerprint density at radius 3 is 2.23 bits per heavy atom. The van der Waals surface area contributed by atoms with Gasteiger partial charge in [-0.25, -0.2) is 0 Å². The standard InChI is InChI=1S/C22H22BNO2/c1-21(2)22(3,4)26-23(25-21)15-10-12-18-17(13-15)20-16-8-6-5-7-14(16)9-11-19(20)24-18/h5-13,24H,1-4H3. The first-order chi connectivity index (χ1) is 12.4. The Hall–Kier alpha value is -2.30. The molecule has 1 aliphatic heterocycles. The molecule has 1 aromatic heterocycles. The molecule has 1 aliphatic rings. The van der Waals surface area contributed by atoms with Gasteiger partial charge in [0.1, 0.15) is 0 Å². The van der Waals surface area contributed by atoms with E-state index in [0.717, 1.165) is 16.5 Å². The first kappa shape index (κ1) is 15.9. The zero-order valence-electron chi connectivity index (χ0n) is 15.6. The van der Waals surface area contributed by atoms with Gasteiger partial charge in [0.05, 0.1) is 11.2 Å². The Kier molecular flexibility index (Phi) is 3.14. The van der Waals surface area contributed by atoms with E-state index in [4.69, 9.17) is 9.31 Å². The topological polar surface area (TPSA) is 34.2 Å². The summed E-state index contributed by atoms with van der Waals surface area (Å²) in [4.78, 5) is 3.54. The van der Waals surface area contributed by atoms with Crippen LogP contribution in [-0.2, 0) is 9.31 Å². The van der Waals surface area contributed by atoms with Gasteiger partial charge in [-0.3, -0.25) is 0 Å². The summed E-state index contributed by atoms with van der Waals surface area (Å²) in [6.07, 6.45) is 0. The van der Waals surface area contributed by atoms with Crippen LogP contribution >= 0.6 is 0 Å².